The average Bonchev–Trinajstić information content (AvgIpc) is 2.09. The highest BCUT2D eigenvalue weighted by atomic mass is 35.5. The summed E-state index contributed by atoms with van der Waals surface area (Å²) in [6, 6.07) is 0. The van der Waals surface area contributed by atoms with Crippen LogP contribution in [0.1, 0.15) is 11.3 Å². The monoisotopic (exact) mass is 181 g/mol. The lowest BCUT2D eigenvalue weighted by Crippen LogP contribution is -2.08. The first-order valence-electron chi connectivity index (χ1n) is 3.36. The molecule has 0 unspecified atom stereocenters. The van der Waals surface area contributed by atoms with Gasteiger partial charge in [-0.15, -0.1) is 0 Å². The fourth-order valence-corrected chi connectivity index (χ4v) is 1.06. The van der Waals surface area contributed by atoms with Crippen LogP contribution in [-0.2, 0) is 0 Å². The Morgan fingerprint density at radius 2 is 2.08 bits per heavy atom. The Morgan fingerprint density at radius 3 is 2.58 bits per heavy atom. The molecule has 0 aliphatic rings. The van der Waals surface area contributed by atoms with Crippen LogP contribution in [0.3, 0.4) is 0 Å². The molecule has 1 heterocycles. The lowest BCUT2D eigenvalue weighted by atomic mass is 10.2. The van der Waals surface area contributed by atoms with Gasteiger partial charge in [0.1, 0.15) is 5.02 Å². The van der Waals surface area contributed by atoms with Crippen LogP contribution in [0.5, 0.6) is 0 Å². The molecule has 0 atom stereocenters. The predicted molar refractivity (Wildman–Crippen MR) is 52.3 cm³/mol. The Hall–Kier alpha value is -1.28. The molecule has 0 aliphatic heterocycles. The molecule has 0 aliphatic carbocycles. The normalized spacial score (nSPS) is 9.42. The molecule has 0 amide bonds. The SMILES string of the molecule is C=Cc1[nH]cc(Cl)c(=O)c1C=C. The molecule has 0 radical (unpaired) electrons. The summed E-state index contributed by atoms with van der Waals surface area (Å²) in [5, 5.41) is 0.163. The van der Waals surface area contributed by atoms with Gasteiger partial charge in [0.2, 0.25) is 5.43 Å². The number of aromatic amines is 1. The van der Waals surface area contributed by atoms with Crippen molar-refractivity contribution < 1.29 is 0 Å². The molecule has 0 fully saturated rings. The van der Waals surface area contributed by atoms with Crippen LogP contribution < -0.4 is 5.43 Å². The molecule has 62 valence electrons. The third-order valence-electron chi connectivity index (χ3n) is 1.51. The molecule has 1 N–H and O–H groups in total. The second-order valence-corrected chi connectivity index (χ2v) is 2.61. The number of halogens is 1. The zero-order chi connectivity index (χ0) is 9.14. The Balaban J connectivity index is 3.56. The summed E-state index contributed by atoms with van der Waals surface area (Å²) in [4.78, 5) is 14.1. The second kappa shape index (κ2) is 3.41. The molecule has 0 aromatic carbocycles. The quantitative estimate of drug-likeness (QED) is 0.746. The van der Waals surface area contributed by atoms with E-state index in [2.05, 4.69) is 18.1 Å². The maximum Gasteiger partial charge on any atom is 0.207 e. The lowest BCUT2D eigenvalue weighted by Gasteiger charge is -1.99. The largest absolute Gasteiger partial charge is 0.360 e. The molecule has 1 aromatic heterocycles. The fourth-order valence-electron chi connectivity index (χ4n) is 0.907. The molecule has 12 heavy (non-hydrogen) atoms. The van der Waals surface area contributed by atoms with Gasteiger partial charge in [-0.3, -0.25) is 4.79 Å². The summed E-state index contributed by atoms with van der Waals surface area (Å²) in [5.74, 6) is 0. The zero-order valence-electron chi connectivity index (χ0n) is 6.43. The Kier molecular flexibility index (Phi) is 2.51. The van der Waals surface area contributed by atoms with Crippen molar-refractivity contribution in [3.63, 3.8) is 0 Å². The fraction of sp³-hybridized carbons (Fsp3) is 0. The van der Waals surface area contributed by atoms with Crippen molar-refractivity contribution in [1.29, 1.82) is 0 Å². The minimum Gasteiger partial charge on any atom is -0.360 e. The minimum atomic E-state index is -0.222. The number of aromatic nitrogens is 1. The van der Waals surface area contributed by atoms with E-state index in [1.54, 1.807) is 6.08 Å². The van der Waals surface area contributed by atoms with Crippen LogP contribution >= 0.6 is 11.6 Å². The Labute approximate surface area is 75.2 Å². The lowest BCUT2D eigenvalue weighted by molar-refractivity contribution is 1.26. The van der Waals surface area contributed by atoms with E-state index >= 15 is 0 Å². The van der Waals surface area contributed by atoms with Crippen molar-refractivity contribution in [3.05, 3.63) is 45.9 Å². The topological polar surface area (TPSA) is 32.9 Å². The minimum absolute atomic E-state index is 0.163. The van der Waals surface area contributed by atoms with Crippen LogP contribution in [0.2, 0.25) is 5.02 Å². The van der Waals surface area contributed by atoms with Crippen molar-refractivity contribution in [1.82, 2.24) is 4.98 Å². The second-order valence-electron chi connectivity index (χ2n) is 2.20. The summed E-state index contributed by atoms with van der Waals surface area (Å²) in [6.45, 7) is 7.06. The molecule has 3 heteroatoms. The summed E-state index contributed by atoms with van der Waals surface area (Å²) in [5.41, 5.74) is 0.872. The van der Waals surface area contributed by atoms with Gasteiger partial charge in [0.15, 0.2) is 0 Å². The van der Waals surface area contributed by atoms with Gasteiger partial charge >= 0.3 is 0 Å². The van der Waals surface area contributed by atoms with Crippen molar-refractivity contribution >= 4 is 23.8 Å². The van der Waals surface area contributed by atoms with E-state index in [0.717, 1.165) is 0 Å². The van der Waals surface area contributed by atoms with Crippen molar-refractivity contribution in [2.24, 2.45) is 0 Å². The number of pyridine rings is 1. The highest BCUT2D eigenvalue weighted by Gasteiger charge is 2.03. The summed E-state index contributed by atoms with van der Waals surface area (Å²) in [6.07, 6.45) is 4.45. The van der Waals surface area contributed by atoms with Gasteiger partial charge in [-0.1, -0.05) is 30.8 Å². The Bertz CT molecular complexity index is 379. The third-order valence-corrected chi connectivity index (χ3v) is 1.80. The average molecular weight is 182 g/mol. The van der Waals surface area contributed by atoms with Gasteiger partial charge in [0.25, 0.3) is 0 Å². The van der Waals surface area contributed by atoms with E-state index < -0.39 is 0 Å². The zero-order valence-corrected chi connectivity index (χ0v) is 7.19. The van der Waals surface area contributed by atoms with Crippen LogP contribution in [-0.4, -0.2) is 4.98 Å². The van der Waals surface area contributed by atoms with Crippen molar-refractivity contribution in [3.8, 4) is 0 Å². The van der Waals surface area contributed by atoms with Crippen molar-refractivity contribution in [2.45, 2.75) is 0 Å². The Morgan fingerprint density at radius 1 is 1.42 bits per heavy atom. The molecule has 0 saturated heterocycles. The van der Waals surface area contributed by atoms with E-state index in [1.165, 1.54) is 12.3 Å². The standard InChI is InChI=1S/C9H8ClNO/c1-3-6-8(4-2)11-5-7(10)9(6)12/h3-5H,1-2H2,(H,11,12). The van der Waals surface area contributed by atoms with Gasteiger partial charge in [-0.25, -0.2) is 0 Å². The van der Waals surface area contributed by atoms with Gasteiger partial charge < -0.3 is 4.98 Å². The van der Waals surface area contributed by atoms with Gasteiger partial charge in [-0.2, -0.15) is 0 Å². The van der Waals surface area contributed by atoms with E-state index in [4.69, 9.17) is 11.6 Å². The van der Waals surface area contributed by atoms with Gasteiger partial charge in [0.05, 0.1) is 0 Å². The van der Waals surface area contributed by atoms with Crippen molar-refractivity contribution in [2.75, 3.05) is 0 Å². The van der Waals surface area contributed by atoms with Crippen LogP contribution in [0, 0.1) is 0 Å². The van der Waals surface area contributed by atoms with Gasteiger partial charge in [0, 0.05) is 17.5 Å². The molecular formula is C9H8ClNO. The number of H-pyrrole nitrogens is 1. The highest BCUT2D eigenvalue weighted by molar-refractivity contribution is 6.30. The third kappa shape index (κ3) is 1.34. The number of hydrogen-bond acceptors (Lipinski definition) is 1. The molecule has 1 rings (SSSR count). The van der Waals surface area contributed by atoms with E-state index in [-0.39, 0.29) is 10.5 Å². The first-order valence-corrected chi connectivity index (χ1v) is 3.74. The van der Waals surface area contributed by atoms with E-state index in [9.17, 15) is 4.79 Å². The van der Waals surface area contributed by atoms with E-state index in [1.807, 2.05) is 0 Å². The summed E-state index contributed by atoms with van der Waals surface area (Å²) in [7, 11) is 0. The van der Waals surface area contributed by atoms with E-state index in [0.29, 0.717) is 11.3 Å². The maximum absolute atomic E-state index is 11.3. The molecule has 0 spiro atoms. The molecule has 0 bridgehead atoms. The van der Waals surface area contributed by atoms with Crippen LogP contribution in [0.25, 0.3) is 12.2 Å². The van der Waals surface area contributed by atoms with Crippen LogP contribution in [0.15, 0.2) is 24.1 Å². The number of hydrogen-bond donors (Lipinski definition) is 1. The molecule has 2 nitrogen and oxygen atoms in total. The summed E-state index contributed by atoms with van der Waals surface area (Å²) < 4.78 is 0. The smallest absolute Gasteiger partial charge is 0.207 e. The molecular weight excluding hydrogens is 174 g/mol. The van der Waals surface area contributed by atoms with Crippen LogP contribution in [0.4, 0.5) is 0 Å². The first-order chi connectivity index (χ1) is 5.70. The maximum atomic E-state index is 11.3. The highest BCUT2D eigenvalue weighted by Crippen LogP contribution is 2.08. The summed E-state index contributed by atoms with van der Waals surface area (Å²) >= 11 is 5.60. The molecule has 1 aromatic rings. The first kappa shape index (κ1) is 8.81. The predicted octanol–water partition coefficient (Wildman–Crippen LogP) is 2.31. The molecule has 0 saturated carbocycles. The van der Waals surface area contributed by atoms with Gasteiger partial charge in [-0.05, 0) is 6.08 Å². The number of nitrogens with one attached hydrogen (secondary N) is 1. The number of rotatable bonds is 2.